The summed E-state index contributed by atoms with van der Waals surface area (Å²) in [4.78, 5) is 0. The fourth-order valence-corrected chi connectivity index (χ4v) is 9.84. The lowest BCUT2D eigenvalue weighted by Gasteiger charge is -2.37. The van der Waals surface area contributed by atoms with Crippen molar-refractivity contribution in [1.82, 2.24) is 0 Å². The first kappa shape index (κ1) is 24.5. The van der Waals surface area contributed by atoms with E-state index in [-0.39, 0.29) is 17.0 Å². The second kappa shape index (κ2) is 11.2. The Balaban J connectivity index is 1.34. The van der Waals surface area contributed by atoms with E-state index in [1.165, 1.54) is 68.4 Å². The minimum absolute atomic E-state index is 0.0213. The minimum atomic E-state index is -1.11. The highest BCUT2D eigenvalue weighted by Crippen LogP contribution is 2.44. The number of hydrogen-bond acceptors (Lipinski definition) is 0. The van der Waals surface area contributed by atoms with Gasteiger partial charge in [0, 0.05) is 8.80 Å². The van der Waals surface area contributed by atoms with Crippen molar-refractivity contribution in [2.45, 2.75) is 88.8 Å². The lowest BCUT2D eigenvalue weighted by Crippen LogP contribution is -2.28. The molecule has 1 saturated heterocycles. The highest BCUT2D eigenvalue weighted by molar-refractivity contribution is 6.58. The van der Waals surface area contributed by atoms with Crippen molar-refractivity contribution in [3.63, 3.8) is 0 Å². The van der Waals surface area contributed by atoms with Crippen molar-refractivity contribution in [3.05, 3.63) is 59.2 Å². The zero-order valence-electron chi connectivity index (χ0n) is 19.7. The molecule has 1 saturated carbocycles. The molecule has 0 radical (unpaired) electrons. The Labute approximate surface area is 197 Å². The van der Waals surface area contributed by atoms with Crippen LogP contribution in [-0.4, -0.2) is 8.80 Å². The monoisotopic (exact) mass is 476 g/mol. The zero-order chi connectivity index (χ0) is 23.4. The summed E-state index contributed by atoms with van der Waals surface area (Å²) in [6, 6.07) is 10.3. The van der Waals surface area contributed by atoms with Gasteiger partial charge in [0.1, 0.15) is 11.6 Å². The maximum atomic E-state index is 14.8. The topological polar surface area (TPSA) is 0 Å². The molecule has 2 aromatic carbocycles. The number of halogens is 4. The summed E-state index contributed by atoms with van der Waals surface area (Å²) in [5.41, 5.74) is 0.432. The zero-order valence-corrected chi connectivity index (χ0v) is 20.8. The van der Waals surface area contributed by atoms with Crippen molar-refractivity contribution in [3.8, 4) is 11.1 Å². The highest BCUT2D eigenvalue weighted by Gasteiger charge is 2.32. The number of unbranched alkanes of at least 4 members (excludes halogenated alkanes) is 2. The molecule has 0 aromatic heterocycles. The number of benzene rings is 2. The lowest BCUT2D eigenvalue weighted by molar-refractivity contribution is 0.216. The average molecular weight is 477 g/mol. The third kappa shape index (κ3) is 5.90. The summed E-state index contributed by atoms with van der Waals surface area (Å²) >= 11 is 0. The van der Waals surface area contributed by atoms with Crippen LogP contribution >= 0.6 is 0 Å². The molecule has 4 rings (SSSR count). The predicted octanol–water partition coefficient (Wildman–Crippen LogP) is 9.01. The molecule has 0 unspecified atom stereocenters. The van der Waals surface area contributed by atoms with E-state index in [9.17, 15) is 17.6 Å². The van der Waals surface area contributed by atoms with Crippen molar-refractivity contribution >= 4 is 8.80 Å². The van der Waals surface area contributed by atoms with Crippen LogP contribution in [0.2, 0.25) is 18.1 Å². The van der Waals surface area contributed by atoms with Gasteiger partial charge in [-0.2, -0.15) is 0 Å². The first-order valence-electron chi connectivity index (χ1n) is 12.9. The van der Waals surface area contributed by atoms with Gasteiger partial charge in [-0.05, 0) is 78.8 Å². The van der Waals surface area contributed by atoms with Crippen molar-refractivity contribution < 1.29 is 17.6 Å². The molecule has 0 atom stereocenters. The molecule has 2 aromatic rings. The van der Waals surface area contributed by atoms with E-state index in [4.69, 9.17) is 0 Å². The van der Waals surface area contributed by atoms with Crippen LogP contribution in [0.3, 0.4) is 0 Å². The second-order valence-corrected chi connectivity index (χ2v) is 13.8. The Kier molecular flexibility index (Phi) is 8.32. The van der Waals surface area contributed by atoms with E-state index in [0.717, 1.165) is 49.7 Å². The Bertz CT molecular complexity index is 904. The molecule has 2 aliphatic rings. The molecular weight excluding hydrogens is 440 g/mol. The van der Waals surface area contributed by atoms with Crippen LogP contribution < -0.4 is 0 Å². The van der Waals surface area contributed by atoms with E-state index in [2.05, 4.69) is 6.92 Å². The Morgan fingerprint density at radius 2 is 1.36 bits per heavy atom. The average Bonchev–Trinajstić information content (AvgIpc) is 2.82. The molecule has 0 nitrogen and oxygen atoms in total. The van der Waals surface area contributed by atoms with Crippen LogP contribution in [-0.2, 0) is 0 Å². The van der Waals surface area contributed by atoms with Crippen molar-refractivity contribution in [2.75, 3.05) is 0 Å². The van der Waals surface area contributed by atoms with Crippen molar-refractivity contribution in [1.29, 1.82) is 0 Å². The van der Waals surface area contributed by atoms with E-state index in [0.29, 0.717) is 5.56 Å². The summed E-state index contributed by atoms with van der Waals surface area (Å²) < 4.78 is 56.5. The third-order valence-corrected chi connectivity index (χ3v) is 11.8. The summed E-state index contributed by atoms with van der Waals surface area (Å²) in [7, 11) is -0.488. The van der Waals surface area contributed by atoms with Crippen LogP contribution in [0.4, 0.5) is 17.6 Å². The second-order valence-electron chi connectivity index (χ2n) is 10.4. The van der Waals surface area contributed by atoms with Gasteiger partial charge in [0.15, 0.2) is 11.6 Å². The molecule has 0 N–H and O–H groups in total. The summed E-state index contributed by atoms with van der Waals surface area (Å²) in [6.07, 6.45) is 11.2. The van der Waals surface area contributed by atoms with Gasteiger partial charge in [-0.15, -0.1) is 0 Å². The Morgan fingerprint density at radius 1 is 0.727 bits per heavy atom. The molecular formula is C28H36F4Si. The Morgan fingerprint density at radius 3 is 1.97 bits per heavy atom. The minimum Gasteiger partial charge on any atom is -0.206 e. The van der Waals surface area contributed by atoms with Gasteiger partial charge in [0.2, 0.25) is 0 Å². The first-order chi connectivity index (χ1) is 16.0. The maximum absolute atomic E-state index is 14.8. The summed E-state index contributed by atoms with van der Waals surface area (Å²) in [5, 5.41) is 0. The molecule has 0 amide bonds. The van der Waals surface area contributed by atoms with Crippen LogP contribution in [0.1, 0.15) is 76.2 Å². The summed E-state index contributed by atoms with van der Waals surface area (Å²) in [5.74, 6) is -1.75. The van der Waals surface area contributed by atoms with Gasteiger partial charge in [-0.3, -0.25) is 0 Å². The third-order valence-electron chi connectivity index (χ3n) is 8.29. The normalized spacial score (nSPS) is 25.8. The lowest BCUT2D eigenvalue weighted by atomic mass is 9.72. The van der Waals surface area contributed by atoms with Crippen LogP contribution in [0.15, 0.2) is 30.3 Å². The number of rotatable bonds is 7. The van der Waals surface area contributed by atoms with Gasteiger partial charge >= 0.3 is 0 Å². The van der Waals surface area contributed by atoms with Crippen LogP contribution in [0.25, 0.3) is 11.1 Å². The largest absolute Gasteiger partial charge is 0.206 e. The molecule has 5 heteroatoms. The standard InChI is InChI=1S/C28H36F4Si/c1-2-3-4-13-33-14-11-21(12-15-33)19-5-7-20(8-6-19)23-17-26(31)28(27(32)18-23)22-9-10-24(29)25(30)16-22/h9-10,16-21,33H,2-8,11-15H2,1H3. The fraction of sp³-hybridized carbons (Fsp3) is 0.571. The molecule has 1 aliphatic heterocycles. The molecule has 0 spiro atoms. The van der Waals surface area contributed by atoms with E-state index < -0.39 is 32.1 Å². The smallest absolute Gasteiger partial charge is 0.159 e. The molecule has 33 heavy (non-hydrogen) atoms. The molecule has 1 heterocycles. The van der Waals surface area contributed by atoms with Gasteiger partial charge in [-0.25, -0.2) is 17.6 Å². The molecule has 0 bridgehead atoms. The highest BCUT2D eigenvalue weighted by atomic mass is 28.3. The first-order valence-corrected chi connectivity index (χ1v) is 15.4. The molecule has 180 valence electrons. The van der Waals surface area contributed by atoms with E-state index in [1.807, 2.05) is 0 Å². The van der Waals surface area contributed by atoms with Gasteiger partial charge in [0.05, 0.1) is 5.56 Å². The Hall–Kier alpha value is -1.62. The van der Waals surface area contributed by atoms with Crippen LogP contribution in [0, 0.1) is 35.1 Å². The van der Waals surface area contributed by atoms with Gasteiger partial charge in [-0.1, -0.05) is 63.2 Å². The maximum Gasteiger partial charge on any atom is 0.159 e. The fourth-order valence-electron chi connectivity index (χ4n) is 6.31. The van der Waals surface area contributed by atoms with E-state index >= 15 is 0 Å². The molecule has 2 fully saturated rings. The van der Waals surface area contributed by atoms with Crippen molar-refractivity contribution in [2.24, 2.45) is 11.8 Å². The SMILES string of the molecule is CCCCC[SiH]1CCC(C2CCC(c3cc(F)c(-c4ccc(F)c(F)c4)c(F)c3)CC2)CC1. The van der Waals surface area contributed by atoms with Crippen LogP contribution in [0.5, 0.6) is 0 Å². The van der Waals surface area contributed by atoms with E-state index in [1.54, 1.807) is 0 Å². The number of hydrogen-bond donors (Lipinski definition) is 0. The summed E-state index contributed by atoms with van der Waals surface area (Å²) in [6.45, 7) is 2.28. The molecule has 1 aliphatic carbocycles. The predicted molar refractivity (Wildman–Crippen MR) is 130 cm³/mol. The van der Waals surface area contributed by atoms with Gasteiger partial charge in [0.25, 0.3) is 0 Å². The van der Waals surface area contributed by atoms with Gasteiger partial charge < -0.3 is 0 Å². The quantitative estimate of drug-likeness (QED) is 0.212.